The highest BCUT2D eigenvalue weighted by Crippen LogP contribution is 2.34. The number of carbonyl (C=O) groups is 1. The molecule has 0 aliphatic carbocycles. The Hall–Kier alpha value is -1.39. The van der Waals surface area contributed by atoms with Gasteiger partial charge in [0.2, 0.25) is 5.91 Å². The summed E-state index contributed by atoms with van der Waals surface area (Å²) in [5.74, 6) is -0.331. The van der Waals surface area contributed by atoms with Crippen LogP contribution in [-0.4, -0.2) is 24.2 Å². The van der Waals surface area contributed by atoms with Gasteiger partial charge in [0, 0.05) is 16.7 Å². The molecule has 1 heterocycles. The monoisotopic (exact) mass is 263 g/mol. The second-order valence-corrected chi connectivity index (χ2v) is 5.88. The van der Waals surface area contributed by atoms with Crippen LogP contribution < -0.4 is 5.32 Å². The van der Waals surface area contributed by atoms with Crippen molar-refractivity contribution < 1.29 is 9.90 Å². The van der Waals surface area contributed by atoms with Gasteiger partial charge in [0.15, 0.2) is 0 Å². The van der Waals surface area contributed by atoms with Crippen molar-refractivity contribution in [2.45, 2.75) is 19.3 Å². The zero-order valence-corrected chi connectivity index (χ0v) is 11.4. The highest BCUT2D eigenvalue weighted by Gasteiger charge is 2.24. The maximum absolute atomic E-state index is 11.1. The van der Waals surface area contributed by atoms with Crippen molar-refractivity contribution in [3.05, 3.63) is 35.2 Å². The molecule has 0 atom stereocenters. The minimum Gasteiger partial charge on any atom is -0.387 e. The molecule has 96 valence electrons. The lowest BCUT2D eigenvalue weighted by Gasteiger charge is -2.24. The molecule has 2 aromatic rings. The minimum atomic E-state index is -0.458. The molecular formula is C14H17NO2S. The molecule has 4 heteroatoms. The van der Waals surface area contributed by atoms with Crippen LogP contribution in [0.25, 0.3) is 10.1 Å². The summed E-state index contributed by atoms with van der Waals surface area (Å²) in [6, 6.07) is 8.27. The minimum absolute atomic E-state index is 0.148. The summed E-state index contributed by atoms with van der Waals surface area (Å²) in [6.07, 6.45) is 0. The van der Waals surface area contributed by atoms with Gasteiger partial charge in [0.05, 0.1) is 0 Å². The molecule has 0 aliphatic heterocycles. The van der Waals surface area contributed by atoms with Crippen LogP contribution in [0.5, 0.6) is 0 Å². The van der Waals surface area contributed by atoms with Crippen molar-refractivity contribution in [1.29, 1.82) is 0 Å². The molecule has 0 aliphatic rings. The van der Waals surface area contributed by atoms with E-state index < -0.39 is 6.61 Å². The molecule has 1 amide bonds. The highest BCUT2D eigenvalue weighted by molar-refractivity contribution is 7.17. The summed E-state index contributed by atoms with van der Waals surface area (Å²) in [6.45, 7) is 4.26. The van der Waals surface area contributed by atoms with E-state index in [1.165, 1.54) is 15.6 Å². The zero-order valence-electron chi connectivity index (χ0n) is 10.6. The number of hydrogen-bond acceptors (Lipinski definition) is 3. The zero-order chi connectivity index (χ0) is 13.2. The smallest absolute Gasteiger partial charge is 0.245 e. The molecule has 3 nitrogen and oxygen atoms in total. The van der Waals surface area contributed by atoms with E-state index >= 15 is 0 Å². The van der Waals surface area contributed by atoms with Gasteiger partial charge in [-0.25, -0.2) is 0 Å². The van der Waals surface area contributed by atoms with Gasteiger partial charge in [-0.05, 0) is 22.4 Å². The van der Waals surface area contributed by atoms with Gasteiger partial charge in [-0.1, -0.05) is 32.0 Å². The third-order valence-corrected chi connectivity index (χ3v) is 4.04. The number of nitrogens with one attached hydrogen (secondary N) is 1. The number of hydrogen-bond donors (Lipinski definition) is 2. The largest absolute Gasteiger partial charge is 0.387 e. The fraction of sp³-hybridized carbons (Fsp3) is 0.357. The summed E-state index contributed by atoms with van der Waals surface area (Å²) in [7, 11) is 0. The summed E-state index contributed by atoms with van der Waals surface area (Å²) >= 11 is 1.72. The molecule has 0 saturated carbocycles. The van der Waals surface area contributed by atoms with Crippen molar-refractivity contribution in [1.82, 2.24) is 5.32 Å². The summed E-state index contributed by atoms with van der Waals surface area (Å²) in [5, 5.41) is 14.9. The van der Waals surface area contributed by atoms with Crippen LogP contribution in [0.15, 0.2) is 29.6 Å². The predicted octanol–water partition coefficient (Wildman–Crippen LogP) is 2.29. The summed E-state index contributed by atoms with van der Waals surface area (Å²) < 4.78 is 1.26. The van der Waals surface area contributed by atoms with Gasteiger partial charge in [0.1, 0.15) is 6.61 Å². The Balaban J connectivity index is 2.26. The van der Waals surface area contributed by atoms with Crippen molar-refractivity contribution in [2.75, 3.05) is 13.2 Å². The molecule has 0 fully saturated rings. The second-order valence-electron chi connectivity index (χ2n) is 4.96. The maximum Gasteiger partial charge on any atom is 0.245 e. The van der Waals surface area contributed by atoms with Gasteiger partial charge >= 0.3 is 0 Å². The lowest BCUT2D eigenvalue weighted by atomic mass is 9.84. The van der Waals surface area contributed by atoms with E-state index in [1.54, 1.807) is 11.3 Å². The van der Waals surface area contributed by atoms with E-state index in [9.17, 15) is 4.79 Å². The number of thiophene rings is 1. The molecule has 0 radical (unpaired) electrons. The second kappa shape index (κ2) is 5.08. The van der Waals surface area contributed by atoms with Gasteiger partial charge in [-0.15, -0.1) is 11.3 Å². The van der Waals surface area contributed by atoms with E-state index in [2.05, 4.69) is 36.7 Å². The lowest BCUT2D eigenvalue weighted by molar-refractivity contribution is -0.124. The van der Waals surface area contributed by atoms with Crippen LogP contribution in [0.1, 0.15) is 19.4 Å². The van der Waals surface area contributed by atoms with E-state index in [1.807, 2.05) is 12.1 Å². The first-order valence-corrected chi connectivity index (χ1v) is 6.77. The number of rotatable bonds is 4. The van der Waals surface area contributed by atoms with Crippen molar-refractivity contribution in [2.24, 2.45) is 0 Å². The van der Waals surface area contributed by atoms with Crippen molar-refractivity contribution in [3.8, 4) is 0 Å². The molecule has 0 unspecified atom stereocenters. The van der Waals surface area contributed by atoms with E-state index in [4.69, 9.17) is 5.11 Å². The van der Waals surface area contributed by atoms with Crippen LogP contribution >= 0.6 is 11.3 Å². The first-order chi connectivity index (χ1) is 8.54. The fourth-order valence-electron chi connectivity index (χ4n) is 1.97. The van der Waals surface area contributed by atoms with Gasteiger partial charge in [0.25, 0.3) is 0 Å². The number of carbonyl (C=O) groups excluding carboxylic acids is 1. The van der Waals surface area contributed by atoms with Crippen LogP contribution in [-0.2, 0) is 10.2 Å². The SMILES string of the molecule is CC(C)(CNC(=O)CO)c1csc2ccccc12. The Morgan fingerprint density at radius 2 is 2.11 bits per heavy atom. The molecule has 2 N–H and O–H groups in total. The third kappa shape index (κ3) is 2.54. The van der Waals surface area contributed by atoms with Crippen molar-refractivity contribution in [3.63, 3.8) is 0 Å². The van der Waals surface area contributed by atoms with E-state index in [0.29, 0.717) is 6.54 Å². The number of aliphatic hydroxyl groups is 1. The normalized spacial score (nSPS) is 11.7. The fourth-order valence-corrected chi connectivity index (χ4v) is 3.13. The Bertz CT molecular complexity index is 560. The van der Waals surface area contributed by atoms with Crippen molar-refractivity contribution >= 4 is 27.3 Å². The molecule has 0 bridgehead atoms. The molecule has 0 saturated heterocycles. The maximum atomic E-state index is 11.1. The topological polar surface area (TPSA) is 49.3 Å². The lowest BCUT2D eigenvalue weighted by Crippen LogP contribution is -2.37. The number of fused-ring (bicyclic) bond motifs is 1. The Morgan fingerprint density at radius 3 is 2.83 bits per heavy atom. The van der Waals surface area contributed by atoms with Crippen LogP contribution in [0, 0.1) is 0 Å². The molecule has 1 aromatic heterocycles. The summed E-state index contributed by atoms with van der Waals surface area (Å²) in [5.41, 5.74) is 1.09. The van der Waals surface area contributed by atoms with Gasteiger partial charge in [-0.2, -0.15) is 0 Å². The molecular weight excluding hydrogens is 246 g/mol. The van der Waals surface area contributed by atoms with Gasteiger partial charge in [-0.3, -0.25) is 4.79 Å². The quantitative estimate of drug-likeness (QED) is 0.889. The Morgan fingerprint density at radius 1 is 1.39 bits per heavy atom. The number of amides is 1. The predicted molar refractivity (Wildman–Crippen MR) is 74.9 cm³/mol. The standard InChI is InChI=1S/C14H17NO2S/c1-14(2,9-15-13(17)7-16)11-8-18-12-6-4-3-5-10(11)12/h3-6,8,16H,7,9H2,1-2H3,(H,15,17). The first kappa shape index (κ1) is 13.1. The van der Waals surface area contributed by atoms with E-state index in [0.717, 1.165) is 0 Å². The average molecular weight is 263 g/mol. The summed E-state index contributed by atoms with van der Waals surface area (Å²) in [4.78, 5) is 11.1. The third-order valence-electron chi connectivity index (χ3n) is 3.08. The number of aliphatic hydroxyl groups excluding tert-OH is 1. The first-order valence-electron chi connectivity index (χ1n) is 5.89. The highest BCUT2D eigenvalue weighted by atomic mass is 32.1. The molecule has 0 spiro atoms. The molecule has 1 aromatic carbocycles. The molecule has 18 heavy (non-hydrogen) atoms. The van der Waals surface area contributed by atoms with Crippen LogP contribution in [0.4, 0.5) is 0 Å². The van der Waals surface area contributed by atoms with Crippen LogP contribution in [0.2, 0.25) is 0 Å². The van der Waals surface area contributed by atoms with Gasteiger partial charge < -0.3 is 10.4 Å². The molecule has 2 rings (SSSR count). The van der Waals surface area contributed by atoms with Crippen LogP contribution in [0.3, 0.4) is 0 Å². The Kier molecular flexibility index (Phi) is 3.68. The van der Waals surface area contributed by atoms with E-state index in [-0.39, 0.29) is 11.3 Å². The Labute approximate surface area is 110 Å². The number of benzene rings is 1. The average Bonchev–Trinajstić information content (AvgIpc) is 2.80.